The van der Waals surface area contributed by atoms with Crippen molar-refractivity contribution in [2.24, 2.45) is 17.6 Å². The highest BCUT2D eigenvalue weighted by Gasteiger charge is 2.26. The molecule has 0 radical (unpaired) electrons. The molecule has 0 spiro atoms. The van der Waals surface area contributed by atoms with Gasteiger partial charge in [-0.1, -0.05) is 27.7 Å². The fourth-order valence-electron chi connectivity index (χ4n) is 2.45. The van der Waals surface area contributed by atoms with Gasteiger partial charge in [-0.2, -0.15) is 0 Å². The van der Waals surface area contributed by atoms with Crippen molar-refractivity contribution in [3.63, 3.8) is 0 Å². The van der Waals surface area contributed by atoms with Crippen LogP contribution in [0.3, 0.4) is 0 Å². The molecule has 3 atom stereocenters. The first-order valence-corrected chi connectivity index (χ1v) is 6.67. The number of carbonyl (C=O) groups is 1. The number of likely N-dealkylation sites (tertiary alicyclic amines) is 1. The second-order valence-corrected chi connectivity index (χ2v) is 5.78. The van der Waals surface area contributed by atoms with Gasteiger partial charge in [-0.25, -0.2) is 0 Å². The van der Waals surface area contributed by atoms with Gasteiger partial charge in [0.15, 0.2) is 0 Å². The molecule has 17 heavy (non-hydrogen) atoms. The fraction of sp³-hybridized carbons (Fsp3) is 0.923. The highest BCUT2D eigenvalue weighted by molar-refractivity contribution is 5.79. The molecule has 1 amide bonds. The summed E-state index contributed by atoms with van der Waals surface area (Å²) in [6, 6.07) is 0.102. The van der Waals surface area contributed by atoms with E-state index < -0.39 is 0 Å². The highest BCUT2D eigenvalue weighted by atomic mass is 16.1. The van der Waals surface area contributed by atoms with E-state index >= 15 is 0 Å². The predicted octanol–water partition coefficient (Wildman–Crippen LogP) is 0.816. The van der Waals surface area contributed by atoms with E-state index in [0.717, 1.165) is 37.9 Å². The molecule has 3 N–H and O–H groups in total. The van der Waals surface area contributed by atoms with Crippen LogP contribution in [0.2, 0.25) is 0 Å². The minimum absolute atomic E-state index is 0.193. The van der Waals surface area contributed by atoms with Gasteiger partial charge in [0.1, 0.15) is 0 Å². The average molecular weight is 241 g/mol. The number of carbonyl (C=O) groups excluding carboxylic acids is 1. The summed E-state index contributed by atoms with van der Waals surface area (Å²) in [6.07, 6.45) is 0.812. The second-order valence-electron chi connectivity index (χ2n) is 5.78. The smallest absolute Gasteiger partial charge is 0.234 e. The van der Waals surface area contributed by atoms with Crippen molar-refractivity contribution in [3.8, 4) is 0 Å². The Morgan fingerprint density at radius 3 is 2.29 bits per heavy atom. The van der Waals surface area contributed by atoms with Gasteiger partial charge in [0.05, 0.1) is 6.04 Å². The number of rotatable bonds is 6. The zero-order valence-electron chi connectivity index (χ0n) is 11.6. The van der Waals surface area contributed by atoms with Crippen LogP contribution >= 0.6 is 0 Å². The van der Waals surface area contributed by atoms with Gasteiger partial charge in [0.25, 0.3) is 0 Å². The number of hydrogen-bond acceptors (Lipinski definition) is 3. The molecule has 4 nitrogen and oxygen atoms in total. The van der Waals surface area contributed by atoms with E-state index in [9.17, 15) is 4.79 Å². The number of nitrogens with zero attached hydrogens (tertiary/aromatic N) is 1. The van der Waals surface area contributed by atoms with Crippen LogP contribution in [0.1, 0.15) is 34.1 Å². The predicted molar refractivity (Wildman–Crippen MR) is 70.6 cm³/mol. The van der Waals surface area contributed by atoms with Crippen molar-refractivity contribution >= 4 is 5.91 Å². The van der Waals surface area contributed by atoms with E-state index in [1.165, 1.54) is 0 Å². The van der Waals surface area contributed by atoms with Crippen molar-refractivity contribution in [3.05, 3.63) is 0 Å². The monoisotopic (exact) mass is 241 g/mol. The molecular formula is C13H27N3O. The lowest BCUT2D eigenvalue weighted by molar-refractivity contribution is -0.120. The van der Waals surface area contributed by atoms with Crippen LogP contribution < -0.4 is 11.1 Å². The molecule has 1 aliphatic rings. The van der Waals surface area contributed by atoms with Crippen molar-refractivity contribution in [1.29, 1.82) is 0 Å². The molecule has 1 rings (SSSR count). The minimum Gasteiger partial charge on any atom is -0.368 e. The Labute approximate surface area is 105 Å². The maximum absolute atomic E-state index is 11.3. The Morgan fingerprint density at radius 1 is 1.35 bits per heavy atom. The Morgan fingerprint density at radius 2 is 1.88 bits per heavy atom. The van der Waals surface area contributed by atoms with Crippen LogP contribution in [0, 0.1) is 11.8 Å². The van der Waals surface area contributed by atoms with E-state index in [2.05, 4.69) is 24.1 Å². The lowest BCUT2D eigenvalue weighted by atomic mass is 10.0. The number of amides is 1. The molecule has 1 saturated heterocycles. The van der Waals surface area contributed by atoms with Gasteiger partial charge in [0, 0.05) is 25.7 Å². The first-order valence-electron chi connectivity index (χ1n) is 6.67. The molecule has 1 fully saturated rings. The van der Waals surface area contributed by atoms with Crippen LogP contribution in [0.4, 0.5) is 0 Å². The lowest BCUT2D eigenvalue weighted by Gasteiger charge is -2.22. The fourth-order valence-corrected chi connectivity index (χ4v) is 2.45. The van der Waals surface area contributed by atoms with Crippen LogP contribution in [0.15, 0.2) is 0 Å². The molecule has 1 heterocycles. The summed E-state index contributed by atoms with van der Waals surface area (Å²) < 4.78 is 0. The largest absolute Gasteiger partial charge is 0.368 e. The van der Waals surface area contributed by atoms with Gasteiger partial charge < -0.3 is 16.0 Å². The molecule has 1 aliphatic heterocycles. The van der Waals surface area contributed by atoms with Crippen LogP contribution in [-0.2, 0) is 4.79 Å². The summed E-state index contributed by atoms with van der Waals surface area (Å²) in [5, 5.41) is 3.22. The first kappa shape index (κ1) is 14.5. The quantitative estimate of drug-likeness (QED) is 0.724. The Hall–Kier alpha value is -0.610. The standard InChI is InChI=1S/C13H27N3O/c1-9(2)15-12(13(14)17)5-6-16-7-10(3)11(4)8-16/h9-12,15H,5-8H2,1-4H3,(H2,14,17). The maximum Gasteiger partial charge on any atom is 0.234 e. The summed E-state index contributed by atoms with van der Waals surface area (Å²) in [5.74, 6) is 1.29. The number of nitrogens with one attached hydrogen (secondary N) is 1. The van der Waals surface area contributed by atoms with E-state index in [4.69, 9.17) is 5.73 Å². The average Bonchev–Trinajstić information content (AvgIpc) is 2.52. The summed E-state index contributed by atoms with van der Waals surface area (Å²) >= 11 is 0. The molecule has 100 valence electrons. The van der Waals surface area contributed by atoms with Crippen molar-refractivity contribution in [2.75, 3.05) is 19.6 Å². The minimum atomic E-state index is -0.237. The highest BCUT2D eigenvalue weighted by Crippen LogP contribution is 2.22. The molecule has 0 saturated carbocycles. The van der Waals surface area contributed by atoms with Crippen molar-refractivity contribution in [1.82, 2.24) is 10.2 Å². The van der Waals surface area contributed by atoms with Crippen LogP contribution in [0.5, 0.6) is 0 Å². The lowest BCUT2D eigenvalue weighted by Crippen LogP contribution is -2.46. The Bertz CT molecular complexity index is 245. The van der Waals surface area contributed by atoms with E-state index in [0.29, 0.717) is 6.04 Å². The number of hydrogen-bond donors (Lipinski definition) is 2. The zero-order chi connectivity index (χ0) is 13.0. The third-order valence-corrected chi connectivity index (χ3v) is 3.68. The third-order valence-electron chi connectivity index (χ3n) is 3.68. The van der Waals surface area contributed by atoms with Crippen molar-refractivity contribution in [2.45, 2.75) is 46.2 Å². The molecule has 0 aliphatic carbocycles. The Kier molecular flexibility index (Phi) is 5.40. The normalized spacial score (nSPS) is 27.6. The SMILES string of the molecule is CC(C)NC(CCN1CC(C)C(C)C1)C(N)=O. The van der Waals surface area contributed by atoms with E-state index in [1.54, 1.807) is 0 Å². The van der Waals surface area contributed by atoms with E-state index in [-0.39, 0.29) is 11.9 Å². The second kappa shape index (κ2) is 6.36. The summed E-state index contributed by atoms with van der Waals surface area (Å²) in [4.78, 5) is 13.7. The van der Waals surface area contributed by atoms with Crippen LogP contribution in [0.25, 0.3) is 0 Å². The molecule has 4 heteroatoms. The van der Waals surface area contributed by atoms with Crippen LogP contribution in [-0.4, -0.2) is 42.5 Å². The van der Waals surface area contributed by atoms with Gasteiger partial charge in [-0.15, -0.1) is 0 Å². The topological polar surface area (TPSA) is 58.4 Å². The van der Waals surface area contributed by atoms with E-state index in [1.807, 2.05) is 13.8 Å². The van der Waals surface area contributed by atoms with Gasteiger partial charge in [-0.3, -0.25) is 4.79 Å². The van der Waals surface area contributed by atoms with Crippen molar-refractivity contribution < 1.29 is 4.79 Å². The van der Waals surface area contributed by atoms with Gasteiger partial charge in [-0.05, 0) is 18.3 Å². The van der Waals surface area contributed by atoms with Gasteiger partial charge >= 0.3 is 0 Å². The molecule has 0 aromatic carbocycles. The summed E-state index contributed by atoms with van der Waals surface area (Å²) in [5.41, 5.74) is 5.40. The Balaban J connectivity index is 2.34. The third kappa shape index (κ3) is 4.64. The molecule has 0 aromatic rings. The zero-order valence-corrected chi connectivity index (χ0v) is 11.6. The molecular weight excluding hydrogens is 214 g/mol. The number of primary amides is 1. The molecule has 0 aromatic heterocycles. The first-order chi connectivity index (χ1) is 7.90. The van der Waals surface area contributed by atoms with Gasteiger partial charge in [0.2, 0.25) is 5.91 Å². The summed E-state index contributed by atoms with van der Waals surface area (Å²) in [6.45, 7) is 11.9. The summed E-state index contributed by atoms with van der Waals surface area (Å²) in [7, 11) is 0. The molecule has 0 bridgehead atoms. The molecule has 3 unspecified atom stereocenters. The maximum atomic E-state index is 11.3. The number of nitrogens with two attached hydrogens (primary N) is 1.